The van der Waals surface area contributed by atoms with Gasteiger partial charge in [-0.3, -0.25) is 9.59 Å². The van der Waals surface area contributed by atoms with E-state index in [1.807, 2.05) is 0 Å². The van der Waals surface area contributed by atoms with Crippen LogP contribution in [0.2, 0.25) is 0 Å². The average Bonchev–Trinajstić information content (AvgIpc) is 2.38. The Kier molecular flexibility index (Phi) is 5.08. The van der Waals surface area contributed by atoms with Crippen LogP contribution in [0.4, 0.5) is 0 Å². The highest BCUT2D eigenvalue weighted by atomic mass is 32.2. The highest BCUT2D eigenvalue weighted by Gasteiger charge is 2.17. The van der Waals surface area contributed by atoms with Crippen LogP contribution in [0.5, 0.6) is 0 Å². The van der Waals surface area contributed by atoms with Crippen LogP contribution < -0.4 is 11.1 Å². The number of nitrogens with one attached hydrogen (secondary N) is 1. The molecule has 0 aliphatic heterocycles. The Morgan fingerprint density at radius 3 is 2.68 bits per heavy atom. The van der Waals surface area contributed by atoms with E-state index in [9.17, 15) is 9.59 Å². The second-order valence-electron chi connectivity index (χ2n) is 5.41. The predicted octanol–water partition coefficient (Wildman–Crippen LogP) is 2.79. The van der Waals surface area contributed by atoms with Crippen molar-refractivity contribution in [2.75, 3.05) is 0 Å². The molecule has 2 rings (SSSR count). The van der Waals surface area contributed by atoms with Crippen molar-refractivity contribution in [2.45, 2.75) is 33.6 Å². The first-order valence-corrected chi connectivity index (χ1v) is 7.95. The third kappa shape index (κ3) is 4.01. The molecule has 116 valence electrons. The average molecular weight is 316 g/mol. The van der Waals surface area contributed by atoms with E-state index in [0.29, 0.717) is 5.03 Å². The maximum Gasteiger partial charge on any atom is 0.244 e. The van der Waals surface area contributed by atoms with Crippen LogP contribution >= 0.6 is 11.8 Å². The molecule has 0 radical (unpaired) electrons. The van der Waals surface area contributed by atoms with Crippen LogP contribution in [0.3, 0.4) is 0 Å². The Morgan fingerprint density at radius 1 is 1.32 bits per heavy atom. The quantitative estimate of drug-likeness (QED) is 0.839. The number of hydrogen-bond donors (Lipinski definition) is 2. The summed E-state index contributed by atoms with van der Waals surface area (Å²) >= 11 is 1.37. The molecule has 0 aromatic heterocycles. The fraction of sp³-hybridized carbons (Fsp3) is 0.294. The fourth-order valence-electron chi connectivity index (χ4n) is 2.62. The lowest BCUT2D eigenvalue weighted by molar-refractivity contribution is -0.118. The Hall–Kier alpha value is -2.01. The zero-order valence-corrected chi connectivity index (χ0v) is 13.8. The van der Waals surface area contributed by atoms with Gasteiger partial charge in [-0.25, -0.2) is 0 Å². The van der Waals surface area contributed by atoms with E-state index in [1.165, 1.54) is 47.0 Å². The van der Waals surface area contributed by atoms with Gasteiger partial charge in [-0.1, -0.05) is 35.5 Å². The fourth-order valence-corrected chi connectivity index (χ4v) is 3.72. The molecule has 0 bridgehead atoms. The number of primary amides is 1. The molecule has 4 nitrogen and oxygen atoms in total. The second kappa shape index (κ2) is 6.83. The molecule has 0 saturated heterocycles. The maximum atomic E-state index is 11.3. The van der Waals surface area contributed by atoms with Gasteiger partial charge < -0.3 is 11.1 Å². The minimum absolute atomic E-state index is 0.225. The number of fused-ring (bicyclic) bond motifs is 1. The van der Waals surface area contributed by atoms with Crippen molar-refractivity contribution >= 4 is 28.5 Å². The number of hydrogen-bond acceptors (Lipinski definition) is 3. The van der Waals surface area contributed by atoms with E-state index < -0.39 is 5.91 Å². The first-order valence-electron chi connectivity index (χ1n) is 7.14. The largest absolute Gasteiger partial charge is 0.366 e. The first-order chi connectivity index (χ1) is 10.4. The normalized spacial score (nSPS) is 14.1. The number of rotatable bonds is 4. The van der Waals surface area contributed by atoms with Crippen molar-refractivity contribution in [3.05, 3.63) is 51.6 Å². The highest BCUT2D eigenvalue weighted by Crippen LogP contribution is 2.39. The molecule has 0 heterocycles. The van der Waals surface area contributed by atoms with E-state index in [-0.39, 0.29) is 5.91 Å². The summed E-state index contributed by atoms with van der Waals surface area (Å²) in [4.78, 5) is 23.5. The molecular weight excluding hydrogens is 296 g/mol. The Morgan fingerprint density at radius 2 is 2.05 bits per heavy atom. The molecule has 0 spiro atoms. The first kappa shape index (κ1) is 16.4. The van der Waals surface area contributed by atoms with Crippen LogP contribution in [-0.4, -0.2) is 11.8 Å². The van der Waals surface area contributed by atoms with Gasteiger partial charge in [0.05, 0.1) is 5.03 Å². The SMILES string of the molecule is CC(=O)N/C(=C\C(N)=O)SC1=CCCc2c(C)cc(C)cc21. The lowest BCUT2D eigenvalue weighted by Crippen LogP contribution is -2.20. The van der Waals surface area contributed by atoms with Crippen molar-refractivity contribution in [1.82, 2.24) is 5.32 Å². The van der Waals surface area contributed by atoms with Crippen LogP contribution in [0, 0.1) is 13.8 Å². The molecule has 1 aliphatic carbocycles. The van der Waals surface area contributed by atoms with Crippen LogP contribution in [0.15, 0.2) is 29.3 Å². The van der Waals surface area contributed by atoms with Gasteiger partial charge in [0.1, 0.15) is 0 Å². The molecule has 1 aliphatic rings. The number of allylic oxidation sites excluding steroid dienone is 1. The third-order valence-corrected chi connectivity index (χ3v) is 4.45. The number of aryl methyl sites for hydroxylation is 2. The zero-order valence-electron chi connectivity index (χ0n) is 13.0. The molecule has 0 saturated carbocycles. The van der Waals surface area contributed by atoms with E-state index in [4.69, 9.17) is 5.73 Å². The van der Waals surface area contributed by atoms with Crippen molar-refractivity contribution < 1.29 is 9.59 Å². The maximum absolute atomic E-state index is 11.3. The predicted molar refractivity (Wildman–Crippen MR) is 90.9 cm³/mol. The van der Waals surface area contributed by atoms with Crippen molar-refractivity contribution in [3.63, 3.8) is 0 Å². The molecule has 22 heavy (non-hydrogen) atoms. The molecule has 2 amide bonds. The number of thioether (sulfide) groups is 1. The van der Waals surface area contributed by atoms with Gasteiger partial charge in [0, 0.05) is 17.9 Å². The number of carbonyl (C=O) groups excluding carboxylic acids is 2. The van der Waals surface area contributed by atoms with Gasteiger partial charge in [-0.2, -0.15) is 0 Å². The molecule has 1 aromatic carbocycles. The summed E-state index contributed by atoms with van der Waals surface area (Å²) < 4.78 is 0. The molecule has 0 unspecified atom stereocenters. The molecular formula is C17H20N2O2S. The van der Waals surface area contributed by atoms with Crippen molar-refractivity contribution in [2.24, 2.45) is 5.73 Å². The standard InChI is InChI=1S/C17H20N2O2S/c1-10-7-11(2)13-5-4-6-15(14(13)8-10)22-17(9-16(18)21)19-12(3)20/h6-9H,4-5H2,1-3H3,(H2,18,21)(H,19,20)/b17-9+. The molecule has 5 heteroatoms. The smallest absolute Gasteiger partial charge is 0.244 e. The Labute approximate surface area is 134 Å². The third-order valence-electron chi connectivity index (χ3n) is 3.40. The summed E-state index contributed by atoms with van der Waals surface area (Å²) in [5, 5.41) is 3.12. The molecule has 0 fully saturated rings. The lowest BCUT2D eigenvalue weighted by Gasteiger charge is -2.21. The van der Waals surface area contributed by atoms with Crippen LogP contribution in [0.1, 0.15) is 35.6 Å². The molecule has 1 aromatic rings. The topological polar surface area (TPSA) is 72.2 Å². The van der Waals surface area contributed by atoms with E-state index in [2.05, 4.69) is 37.4 Å². The monoisotopic (exact) mass is 316 g/mol. The van der Waals surface area contributed by atoms with Gasteiger partial charge >= 0.3 is 0 Å². The van der Waals surface area contributed by atoms with Crippen LogP contribution in [0.25, 0.3) is 4.91 Å². The number of nitrogens with two attached hydrogens (primary N) is 1. The van der Waals surface area contributed by atoms with Crippen molar-refractivity contribution in [1.29, 1.82) is 0 Å². The lowest BCUT2D eigenvalue weighted by atomic mass is 9.91. The van der Waals surface area contributed by atoms with Gasteiger partial charge in [-0.15, -0.1) is 0 Å². The van der Waals surface area contributed by atoms with Gasteiger partial charge in [0.25, 0.3) is 0 Å². The Bertz CT molecular complexity index is 690. The number of carbonyl (C=O) groups is 2. The molecule has 3 N–H and O–H groups in total. The summed E-state index contributed by atoms with van der Waals surface area (Å²) in [5.74, 6) is -0.801. The summed E-state index contributed by atoms with van der Waals surface area (Å²) in [6.45, 7) is 5.60. The van der Waals surface area contributed by atoms with Gasteiger partial charge in [0.15, 0.2) is 0 Å². The second-order valence-corrected chi connectivity index (χ2v) is 6.49. The summed E-state index contributed by atoms with van der Waals surface area (Å²) in [5.41, 5.74) is 10.2. The van der Waals surface area contributed by atoms with Gasteiger partial charge in [-0.05, 0) is 43.4 Å². The minimum atomic E-state index is -0.576. The zero-order chi connectivity index (χ0) is 16.3. The number of amides is 2. The van der Waals surface area contributed by atoms with E-state index >= 15 is 0 Å². The minimum Gasteiger partial charge on any atom is -0.366 e. The van der Waals surface area contributed by atoms with Crippen molar-refractivity contribution in [3.8, 4) is 0 Å². The van der Waals surface area contributed by atoms with Crippen LogP contribution in [-0.2, 0) is 16.0 Å². The van der Waals surface area contributed by atoms with Gasteiger partial charge in [0.2, 0.25) is 11.8 Å². The summed E-state index contributed by atoms with van der Waals surface area (Å²) in [6, 6.07) is 4.33. The summed E-state index contributed by atoms with van der Waals surface area (Å²) in [7, 11) is 0. The van der Waals surface area contributed by atoms with E-state index in [1.54, 1.807) is 0 Å². The molecule has 0 atom stereocenters. The number of benzene rings is 1. The highest BCUT2D eigenvalue weighted by molar-refractivity contribution is 8.11. The van der Waals surface area contributed by atoms with E-state index in [0.717, 1.165) is 17.7 Å². The Balaban J connectivity index is 2.36. The summed E-state index contributed by atoms with van der Waals surface area (Å²) in [6.07, 6.45) is 5.36.